The van der Waals surface area contributed by atoms with Crippen LogP contribution in [0.1, 0.15) is 30.0 Å². The van der Waals surface area contributed by atoms with Gasteiger partial charge in [0.1, 0.15) is 11.3 Å². The first-order valence-electron chi connectivity index (χ1n) is 8.56. The maximum atomic E-state index is 12.3. The van der Waals surface area contributed by atoms with Gasteiger partial charge in [-0.05, 0) is 24.1 Å². The summed E-state index contributed by atoms with van der Waals surface area (Å²) < 4.78 is 11.2. The van der Waals surface area contributed by atoms with E-state index in [1.165, 1.54) is 0 Å². The molecule has 1 aliphatic heterocycles. The highest BCUT2D eigenvalue weighted by atomic mass is 16.5. The molecular formula is C18H22N4O5. The number of benzene rings is 1. The Morgan fingerprint density at radius 3 is 2.67 bits per heavy atom. The topological polar surface area (TPSA) is 118 Å². The molecule has 9 nitrogen and oxygen atoms in total. The van der Waals surface area contributed by atoms with E-state index in [1.54, 1.807) is 14.2 Å². The normalized spacial score (nSPS) is 16.1. The van der Waals surface area contributed by atoms with Gasteiger partial charge in [0.25, 0.3) is 5.56 Å². The van der Waals surface area contributed by atoms with Gasteiger partial charge < -0.3 is 20.0 Å². The highest BCUT2D eigenvalue weighted by Crippen LogP contribution is 2.27. The minimum atomic E-state index is -0.657. The predicted octanol–water partition coefficient (Wildman–Crippen LogP) is 0.726. The van der Waals surface area contributed by atoms with Crippen LogP contribution in [-0.2, 0) is 11.3 Å². The van der Waals surface area contributed by atoms with Crippen molar-refractivity contribution in [3.8, 4) is 11.6 Å². The van der Waals surface area contributed by atoms with Gasteiger partial charge in [0.15, 0.2) is 0 Å². The molecule has 0 radical (unpaired) electrons. The molecule has 1 aliphatic rings. The Labute approximate surface area is 155 Å². The maximum Gasteiger partial charge on any atom is 0.331 e. The predicted molar refractivity (Wildman–Crippen MR) is 99.5 cm³/mol. The molecule has 0 amide bonds. The van der Waals surface area contributed by atoms with Crippen molar-refractivity contribution in [3.05, 3.63) is 56.2 Å². The molecule has 1 aromatic heterocycles. The number of H-pyrrole nitrogens is 1. The summed E-state index contributed by atoms with van der Waals surface area (Å²) in [5.41, 5.74) is 3.04. The maximum absolute atomic E-state index is 12.3. The summed E-state index contributed by atoms with van der Waals surface area (Å²) in [6, 6.07) is 7.36. The monoisotopic (exact) mass is 374 g/mol. The zero-order valence-corrected chi connectivity index (χ0v) is 15.2. The quantitative estimate of drug-likeness (QED) is 0.615. The lowest BCUT2D eigenvalue weighted by Crippen LogP contribution is -2.34. The molecular weight excluding hydrogens is 352 g/mol. The smallest absolute Gasteiger partial charge is 0.331 e. The van der Waals surface area contributed by atoms with Gasteiger partial charge in [0.05, 0.1) is 18.9 Å². The van der Waals surface area contributed by atoms with Crippen molar-refractivity contribution in [3.63, 3.8) is 0 Å². The van der Waals surface area contributed by atoms with Crippen molar-refractivity contribution >= 4 is 5.71 Å². The van der Waals surface area contributed by atoms with E-state index < -0.39 is 11.2 Å². The lowest BCUT2D eigenvalue weighted by molar-refractivity contribution is 0.188. The number of ether oxygens (including phenoxy) is 2. The van der Waals surface area contributed by atoms with Gasteiger partial charge in [-0.1, -0.05) is 12.1 Å². The Morgan fingerprint density at radius 1 is 1.26 bits per heavy atom. The summed E-state index contributed by atoms with van der Waals surface area (Å²) in [5.74, 6) is 0.367. The van der Waals surface area contributed by atoms with Crippen LogP contribution < -0.4 is 21.4 Å². The van der Waals surface area contributed by atoms with Crippen molar-refractivity contribution in [2.75, 3.05) is 20.8 Å². The number of aromatic nitrogens is 2. The number of nitrogens with zero attached hydrogens (tertiary/aromatic N) is 2. The van der Waals surface area contributed by atoms with Gasteiger partial charge in [-0.25, -0.2) is 4.79 Å². The van der Waals surface area contributed by atoms with Crippen LogP contribution >= 0.6 is 0 Å². The second-order valence-electron chi connectivity index (χ2n) is 6.17. The number of nitrogens with one attached hydrogen (secondary N) is 2. The van der Waals surface area contributed by atoms with Crippen molar-refractivity contribution < 1.29 is 14.6 Å². The van der Waals surface area contributed by atoms with Crippen LogP contribution in [0.5, 0.6) is 11.6 Å². The molecule has 0 saturated carbocycles. The van der Waals surface area contributed by atoms with Crippen LogP contribution in [0.2, 0.25) is 0 Å². The number of methoxy groups -OCH3 is 2. The third-order valence-corrected chi connectivity index (χ3v) is 4.46. The summed E-state index contributed by atoms with van der Waals surface area (Å²) in [5, 5.41) is 14.7. The first-order valence-corrected chi connectivity index (χ1v) is 8.56. The Kier molecular flexibility index (Phi) is 5.60. The van der Waals surface area contributed by atoms with Crippen molar-refractivity contribution in [1.82, 2.24) is 15.0 Å². The van der Waals surface area contributed by atoms with E-state index in [9.17, 15) is 14.7 Å². The van der Waals surface area contributed by atoms with E-state index in [0.29, 0.717) is 25.2 Å². The second-order valence-corrected chi connectivity index (χ2v) is 6.17. The summed E-state index contributed by atoms with van der Waals surface area (Å²) in [4.78, 5) is 26.5. The lowest BCUT2D eigenvalue weighted by atomic mass is 10.00. The van der Waals surface area contributed by atoms with Crippen LogP contribution in [0.25, 0.3) is 0 Å². The van der Waals surface area contributed by atoms with E-state index in [-0.39, 0.29) is 24.0 Å². The van der Waals surface area contributed by atoms with Crippen molar-refractivity contribution in [2.45, 2.75) is 25.4 Å². The van der Waals surface area contributed by atoms with Crippen LogP contribution in [0.4, 0.5) is 0 Å². The summed E-state index contributed by atoms with van der Waals surface area (Å²) in [6.07, 6.45) is 0.924. The fourth-order valence-corrected chi connectivity index (χ4v) is 3.02. The van der Waals surface area contributed by atoms with Gasteiger partial charge >= 0.3 is 5.69 Å². The van der Waals surface area contributed by atoms with E-state index in [4.69, 9.17) is 9.47 Å². The average Bonchev–Trinajstić information content (AvgIpc) is 3.14. The van der Waals surface area contributed by atoms with Gasteiger partial charge in [-0.15, -0.1) is 0 Å². The molecule has 0 fully saturated rings. The second kappa shape index (κ2) is 8.09. The van der Waals surface area contributed by atoms with E-state index in [1.807, 2.05) is 24.3 Å². The highest BCUT2D eigenvalue weighted by Gasteiger charge is 2.27. The van der Waals surface area contributed by atoms with Crippen LogP contribution in [0.15, 0.2) is 39.0 Å². The van der Waals surface area contributed by atoms with Crippen LogP contribution in [0.3, 0.4) is 0 Å². The molecule has 27 heavy (non-hydrogen) atoms. The van der Waals surface area contributed by atoms with Crippen LogP contribution in [-0.4, -0.2) is 41.2 Å². The summed E-state index contributed by atoms with van der Waals surface area (Å²) >= 11 is 0. The fourth-order valence-electron chi connectivity index (χ4n) is 3.02. The minimum absolute atomic E-state index is 0.00975. The van der Waals surface area contributed by atoms with Gasteiger partial charge in [-0.2, -0.15) is 5.10 Å². The van der Waals surface area contributed by atoms with E-state index >= 15 is 0 Å². The molecule has 0 saturated heterocycles. The number of aromatic amines is 1. The standard InChI is InChI=1S/C18H22N4O5/c1-26-9-3-8-22-17(24)15(16(23)19-18(22)25)14-10-13(20-21-14)11-4-6-12(27-2)7-5-11/h4-7,13,20,24H,3,8-10H2,1-2H3,(H,19,23,25)/t13-/m0/s1. The van der Waals surface area contributed by atoms with E-state index in [2.05, 4.69) is 15.5 Å². The Balaban J connectivity index is 1.85. The number of hydrazone groups is 1. The van der Waals surface area contributed by atoms with Crippen LogP contribution in [0, 0.1) is 0 Å². The Morgan fingerprint density at radius 2 is 2.00 bits per heavy atom. The molecule has 2 aromatic rings. The van der Waals surface area contributed by atoms with Gasteiger partial charge in [-0.3, -0.25) is 14.3 Å². The molecule has 1 atom stereocenters. The zero-order valence-electron chi connectivity index (χ0n) is 15.2. The largest absolute Gasteiger partial charge is 0.497 e. The fraction of sp³-hybridized carbons (Fsp3) is 0.389. The first-order chi connectivity index (χ1) is 13.0. The number of hydrogen-bond donors (Lipinski definition) is 3. The summed E-state index contributed by atoms with van der Waals surface area (Å²) in [6.45, 7) is 0.660. The third-order valence-electron chi connectivity index (χ3n) is 4.46. The molecule has 0 bridgehead atoms. The van der Waals surface area contributed by atoms with Crippen molar-refractivity contribution in [1.29, 1.82) is 0 Å². The van der Waals surface area contributed by atoms with E-state index in [0.717, 1.165) is 15.9 Å². The Hall–Kier alpha value is -3.07. The average molecular weight is 374 g/mol. The molecule has 2 heterocycles. The zero-order chi connectivity index (χ0) is 19.4. The first kappa shape index (κ1) is 18.7. The number of rotatable bonds is 7. The number of hydrogen-bond acceptors (Lipinski definition) is 7. The lowest BCUT2D eigenvalue weighted by Gasteiger charge is -2.12. The highest BCUT2D eigenvalue weighted by molar-refractivity contribution is 6.03. The molecule has 3 N–H and O–H groups in total. The molecule has 0 spiro atoms. The van der Waals surface area contributed by atoms with Gasteiger partial charge in [0.2, 0.25) is 5.88 Å². The third kappa shape index (κ3) is 3.87. The Bertz CT molecular complexity index is 946. The van der Waals surface area contributed by atoms with Crippen molar-refractivity contribution in [2.24, 2.45) is 5.10 Å². The number of aromatic hydroxyl groups is 1. The molecule has 3 rings (SSSR count). The molecule has 1 aromatic carbocycles. The van der Waals surface area contributed by atoms with Gasteiger partial charge in [0, 0.05) is 26.7 Å². The molecule has 9 heteroatoms. The molecule has 144 valence electrons. The minimum Gasteiger partial charge on any atom is -0.497 e. The SMILES string of the molecule is COCCCn1c(O)c(C2=NN[C@H](c3ccc(OC)cc3)C2)c(=O)[nH]c1=O. The summed E-state index contributed by atoms with van der Waals surface area (Å²) in [7, 11) is 3.15. The molecule has 0 aliphatic carbocycles. The molecule has 0 unspecified atom stereocenters.